The van der Waals surface area contributed by atoms with Crippen LogP contribution in [-0.4, -0.2) is 25.3 Å². The summed E-state index contributed by atoms with van der Waals surface area (Å²) in [5, 5.41) is 3.46. The van der Waals surface area contributed by atoms with Crippen LogP contribution in [0.2, 0.25) is 0 Å². The van der Waals surface area contributed by atoms with Gasteiger partial charge in [-0.15, -0.1) is 0 Å². The third-order valence-corrected chi connectivity index (χ3v) is 2.66. The highest BCUT2D eigenvalue weighted by molar-refractivity contribution is 4.67. The fourth-order valence-corrected chi connectivity index (χ4v) is 1.15. The molecule has 2 nitrogen and oxygen atoms in total. The van der Waals surface area contributed by atoms with Gasteiger partial charge >= 0.3 is 0 Å². The highest BCUT2D eigenvalue weighted by Crippen LogP contribution is 2.14. The van der Waals surface area contributed by atoms with Gasteiger partial charge in [-0.1, -0.05) is 27.7 Å². The van der Waals surface area contributed by atoms with Crippen molar-refractivity contribution in [3.8, 4) is 0 Å². The van der Waals surface area contributed by atoms with Crippen molar-refractivity contribution >= 4 is 0 Å². The molecule has 0 saturated heterocycles. The van der Waals surface area contributed by atoms with Gasteiger partial charge in [-0.2, -0.15) is 0 Å². The maximum Gasteiger partial charge on any atom is 0.0624 e. The van der Waals surface area contributed by atoms with Gasteiger partial charge in [0.25, 0.3) is 0 Å². The second kappa shape index (κ2) is 7.24. The topological polar surface area (TPSA) is 21.3 Å². The van der Waals surface area contributed by atoms with Crippen LogP contribution < -0.4 is 5.32 Å². The maximum absolute atomic E-state index is 5.86. The lowest BCUT2D eigenvalue weighted by atomic mass is 10.1. The fraction of sp³-hybridized carbons (Fsp3) is 1.00. The van der Waals surface area contributed by atoms with Gasteiger partial charge in [0, 0.05) is 0 Å². The van der Waals surface area contributed by atoms with Gasteiger partial charge in [-0.25, -0.2) is 0 Å². The average Bonchev–Trinajstić information content (AvgIpc) is 2.14. The highest BCUT2D eigenvalue weighted by Gasteiger charge is 2.16. The largest absolute Gasteiger partial charge is 0.375 e. The lowest BCUT2D eigenvalue weighted by molar-refractivity contribution is -0.0349. The zero-order valence-electron chi connectivity index (χ0n) is 11.4. The number of hydrogen-bond donors (Lipinski definition) is 1. The van der Waals surface area contributed by atoms with Gasteiger partial charge in [-0.3, -0.25) is 0 Å². The van der Waals surface area contributed by atoms with E-state index in [1.165, 1.54) is 0 Å². The third kappa shape index (κ3) is 8.88. The molecule has 2 heteroatoms. The summed E-state index contributed by atoms with van der Waals surface area (Å²) in [6, 6.07) is 0. The summed E-state index contributed by atoms with van der Waals surface area (Å²) in [5.74, 6) is 1.32. The third-order valence-electron chi connectivity index (χ3n) is 2.66. The van der Waals surface area contributed by atoms with Crippen molar-refractivity contribution in [3.05, 3.63) is 0 Å². The molecule has 0 spiro atoms. The van der Waals surface area contributed by atoms with Crippen molar-refractivity contribution in [2.24, 2.45) is 11.8 Å². The van der Waals surface area contributed by atoms with Gasteiger partial charge < -0.3 is 10.1 Å². The molecule has 0 rings (SSSR count). The summed E-state index contributed by atoms with van der Waals surface area (Å²) in [6.07, 6.45) is 1.07. The minimum absolute atomic E-state index is 0.0340. The molecule has 0 aromatic heterocycles. The van der Waals surface area contributed by atoms with Crippen LogP contribution in [0.4, 0.5) is 0 Å². The second-order valence-electron chi connectivity index (χ2n) is 5.58. The lowest BCUT2D eigenvalue weighted by Gasteiger charge is -2.26. The highest BCUT2D eigenvalue weighted by atomic mass is 16.5. The molecule has 0 heterocycles. The Morgan fingerprint density at radius 1 is 1.13 bits per heavy atom. The van der Waals surface area contributed by atoms with Crippen LogP contribution in [0.15, 0.2) is 0 Å². The van der Waals surface area contributed by atoms with E-state index in [2.05, 4.69) is 46.9 Å². The van der Waals surface area contributed by atoms with Gasteiger partial charge in [0.15, 0.2) is 0 Å². The van der Waals surface area contributed by atoms with E-state index in [0.29, 0.717) is 5.92 Å². The van der Waals surface area contributed by atoms with E-state index in [-0.39, 0.29) is 5.60 Å². The van der Waals surface area contributed by atoms with Crippen LogP contribution in [0.1, 0.15) is 48.0 Å². The van der Waals surface area contributed by atoms with E-state index >= 15 is 0 Å². The number of hydrogen-bond acceptors (Lipinski definition) is 2. The van der Waals surface area contributed by atoms with E-state index in [4.69, 9.17) is 4.74 Å². The Morgan fingerprint density at radius 3 is 2.20 bits per heavy atom. The summed E-state index contributed by atoms with van der Waals surface area (Å²) in [6.45, 7) is 16.2. The zero-order chi connectivity index (χ0) is 11.9. The van der Waals surface area contributed by atoms with Crippen LogP contribution in [0.3, 0.4) is 0 Å². The van der Waals surface area contributed by atoms with Crippen molar-refractivity contribution in [2.75, 3.05) is 19.7 Å². The summed E-state index contributed by atoms with van der Waals surface area (Å²) in [4.78, 5) is 0. The molecule has 0 bridgehead atoms. The molecule has 92 valence electrons. The molecule has 0 aliphatic heterocycles. The van der Waals surface area contributed by atoms with Crippen LogP contribution in [0, 0.1) is 11.8 Å². The molecule has 1 unspecified atom stereocenters. The number of nitrogens with one attached hydrogen (secondary N) is 1. The summed E-state index contributed by atoms with van der Waals surface area (Å²) in [5.41, 5.74) is 0.0340. The minimum Gasteiger partial charge on any atom is -0.375 e. The minimum atomic E-state index is 0.0340. The molecule has 0 aliphatic carbocycles. The Bertz CT molecular complexity index is 155. The first kappa shape index (κ1) is 14.9. The Morgan fingerprint density at radius 2 is 1.73 bits per heavy atom. The van der Waals surface area contributed by atoms with Crippen LogP contribution in [0.5, 0.6) is 0 Å². The van der Waals surface area contributed by atoms with E-state index in [1.54, 1.807) is 0 Å². The van der Waals surface area contributed by atoms with Crippen molar-refractivity contribution in [1.82, 2.24) is 5.32 Å². The van der Waals surface area contributed by atoms with Crippen molar-refractivity contribution in [1.29, 1.82) is 0 Å². The summed E-state index contributed by atoms with van der Waals surface area (Å²) in [7, 11) is 0. The first-order valence-corrected chi connectivity index (χ1v) is 6.22. The lowest BCUT2D eigenvalue weighted by Crippen LogP contribution is -2.31. The normalized spacial score (nSPS) is 14.6. The Labute approximate surface area is 95.8 Å². The predicted molar refractivity (Wildman–Crippen MR) is 67.2 cm³/mol. The standard InChI is InChI=1S/C13H29NO/c1-7-13(5,6)15-10-12(4)9-14-8-11(2)3/h11-12,14H,7-10H2,1-6H3. The van der Waals surface area contributed by atoms with Gasteiger partial charge in [0.05, 0.1) is 12.2 Å². The molecule has 0 aliphatic rings. The van der Waals surface area contributed by atoms with Gasteiger partial charge in [0.1, 0.15) is 0 Å². The molecule has 0 aromatic carbocycles. The Balaban J connectivity index is 3.53. The fourth-order valence-electron chi connectivity index (χ4n) is 1.15. The maximum atomic E-state index is 5.86. The summed E-state index contributed by atoms with van der Waals surface area (Å²) < 4.78 is 5.86. The van der Waals surface area contributed by atoms with E-state index in [1.807, 2.05) is 0 Å². The predicted octanol–water partition coefficient (Wildman–Crippen LogP) is 3.07. The van der Waals surface area contributed by atoms with Gasteiger partial charge in [0.2, 0.25) is 0 Å². The molecule has 0 amide bonds. The second-order valence-corrected chi connectivity index (χ2v) is 5.58. The van der Waals surface area contributed by atoms with E-state index < -0.39 is 0 Å². The monoisotopic (exact) mass is 215 g/mol. The molecular formula is C13H29NO. The number of rotatable bonds is 8. The molecular weight excluding hydrogens is 186 g/mol. The molecule has 1 N–H and O–H groups in total. The van der Waals surface area contributed by atoms with Crippen molar-refractivity contribution < 1.29 is 4.74 Å². The van der Waals surface area contributed by atoms with Crippen LogP contribution in [-0.2, 0) is 4.74 Å². The Kier molecular flexibility index (Phi) is 7.20. The molecule has 0 fully saturated rings. The first-order chi connectivity index (χ1) is 6.87. The van der Waals surface area contributed by atoms with Gasteiger partial charge in [-0.05, 0) is 45.2 Å². The molecule has 0 aromatic rings. The number of ether oxygens (including phenoxy) is 1. The average molecular weight is 215 g/mol. The van der Waals surface area contributed by atoms with E-state index in [9.17, 15) is 0 Å². The zero-order valence-corrected chi connectivity index (χ0v) is 11.4. The molecule has 0 radical (unpaired) electrons. The molecule has 0 saturated carbocycles. The van der Waals surface area contributed by atoms with Crippen LogP contribution >= 0.6 is 0 Å². The Hall–Kier alpha value is -0.0800. The molecule has 1 atom stereocenters. The van der Waals surface area contributed by atoms with Crippen molar-refractivity contribution in [3.63, 3.8) is 0 Å². The quantitative estimate of drug-likeness (QED) is 0.672. The summed E-state index contributed by atoms with van der Waals surface area (Å²) >= 11 is 0. The van der Waals surface area contributed by atoms with E-state index in [0.717, 1.165) is 32.0 Å². The van der Waals surface area contributed by atoms with Crippen molar-refractivity contribution in [2.45, 2.75) is 53.6 Å². The first-order valence-electron chi connectivity index (χ1n) is 6.22. The molecule has 15 heavy (non-hydrogen) atoms. The van der Waals surface area contributed by atoms with Crippen LogP contribution in [0.25, 0.3) is 0 Å². The smallest absolute Gasteiger partial charge is 0.0624 e. The SMILES string of the molecule is CCC(C)(C)OCC(C)CNCC(C)C.